The molecule has 3 saturated heterocycles. The van der Waals surface area contributed by atoms with E-state index in [1.807, 2.05) is 20.8 Å². The van der Waals surface area contributed by atoms with Gasteiger partial charge in [0.05, 0.1) is 39.5 Å². The molecule has 3 fully saturated rings. The number of unbranched alkanes of at least 4 members (excludes halogenated alkanes) is 3. The molecule has 3 atom stereocenters. The minimum absolute atomic E-state index is 0.0698. The molecule has 3 amide bonds. The first-order valence-corrected chi connectivity index (χ1v) is 40.8. The number of aromatic nitrogens is 12. The Morgan fingerprint density at radius 2 is 0.667 bits per heavy atom. The van der Waals surface area contributed by atoms with Crippen LogP contribution in [0.15, 0.2) is 215 Å². The minimum atomic E-state index is -0.724. The van der Waals surface area contributed by atoms with Crippen molar-refractivity contribution in [2.75, 3.05) is 39.6 Å². The number of ether oxygens (including phenoxy) is 3. The van der Waals surface area contributed by atoms with Gasteiger partial charge in [-0.15, -0.1) is 30.6 Å². The molecule has 24 heteroatoms. The highest BCUT2D eigenvalue weighted by Crippen LogP contribution is 2.42. The number of carbonyl (C=O) groups excluding carboxylic acids is 3. The van der Waals surface area contributed by atoms with Crippen LogP contribution in [0.3, 0.4) is 0 Å². The second kappa shape index (κ2) is 34.9. The van der Waals surface area contributed by atoms with Gasteiger partial charge in [-0.25, -0.2) is 0 Å². The average molecular weight is 1560 g/mol. The van der Waals surface area contributed by atoms with Crippen molar-refractivity contribution in [3.8, 4) is 101 Å². The van der Waals surface area contributed by atoms with E-state index in [-0.39, 0.29) is 17.7 Å². The van der Waals surface area contributed by atoms with Crippen LogP contribution in [0, 0.1) is 20.8 Å². The van der Waals surface area contributed by atoms with Crippen LogP contribution in [0.4, 0.5) is 0 Å². The van der Waals surface area contributed by atoms with Crippen LogP contribution in [0.25, 0.3) is 101 Å². The number of hydrogen-bond acceptors (Lipinski definition) is 18. The summed E-state index contributed by atoms with van der Waals surface area (Å²) < 4.78 is 16.8. The molecule has 3 N–H and O–H groups in total. The molecule has 9 aromatic carbocycles. The highest BCUT2D eigenvalue weighted by molar-refractivity contribution is 6.10. The SMILES string of the molecule is CCCCC1=NC2(CCOC2)C(=O)N1Cc1ccc(-c2cc(-c3cccc(C)c3)ccc2-c2nn[nH]n2)cc1.CCCCC1=NC2(CCOC2)C(=O)N1Cc1ccc(-c2cc(-c3ccccc3C)ccc2-c2nn[nH]n2)cc1.CCCCC1=NC2(CCOC2)C(=O)N1Cc1ccc(-c2cc(-c3ccccc3C)ccc2-c2nn[nH]n2)cc1. The number of tetrazole rings is 3. The standard InChI is InChI=1S/3C31H32N6O2/c2*1-3-4-9-28-32-31(16-17-39-20-31)30(38)37(28)19-22-10-12-23(13-11-22)27-18-24(25-8-6-5-7-21(25)2)14-15-26(27)29-33-35-36-34-29;1-3-4-8-28-32-31(15-16-39-20-31)30(38)37(28)19-22-9-11-23(12-10-22)27-18-25(24-7-5-6-21(2)17-24)13-14-26(27)29-33-35-36-34-29/h2*5-8,10-15,18H,3-4,9,16-17,19-20H2,1-2H3,(H,33,34,35,36);5-7,9-14,17-18H,3-4,8,15-16,19-20H2,1-2H3,(H,33,34,35,36). The monoisotopic (exact) mass is 1560 g/mol. The summed E-state index contributed by atoms with van der Waals surface area (Å²) >= 11 is 0. The number of aliphatic imine (C=N–C) groups is 3. The van der Waals surface area contributed by atoms with Crippen molar-refractivity contribution in [2.45, 2.75) is 155 Å². The lowest BCUT2D eigenvalue weighted by atomic mass is 9.92. The van der Waals surface area contributed by atoms with Gasteiger partial charge in [0.1, 0.15) is 17.5 Å². The Kier molecular flexibility index (Phi) is 23.4. The number of nitrogens with zero attached hydrogens (tertiary/aromatic N) is 15. The maximum atomic E-state index is 13.5. The van der Waals surface area contributed by atoms with Crippen molar-refractivity contribution in [2.24, 2.45) is 15.0 Å². The van der Waals surface area contributed by atoms with Crippen molar-refractivity contribution >= 4 is 35.2 Å². The zero-order valence-corrected chi connectivity index (χ0v) is 67.1. The Balaban J connectivity index is 0.000000131. The van der Waals surface area contributed by atoms with E-state index in [1.54, 1.807) is 0 Å². The van der Waals surface area contributed by atoms with Gasteiger partial charge < -0.3 is 14.2 Å². The number of amidine groups is 3. The zero-order chi connectivity index (χ0) is 80.5. The van der Waals surface area contributed by atoms with Gasteiger partial charge >= 0.3 is 0 Å². The van der Waals surface area contributed by atoms with Gasteiger partial charge in [0.25, 0.3) is 17.7 Å². The highest BCUT2D eigenvalue weighted by Gasteiger charge is 2.53. The third kappa shape index (κ3) is 16.6. The molecule has 6 aliphatic rings. The Hall–Kier alpha value is -12.5. The molecule has 18 rings (SSSR count). The van der Waals surface area contributed by atoms with Gasteiger partial charge in [-0.3, -0.25) is 44.1 Å². The van der Waals surface area contributed by atoms with Gasteiger partial charge in [-0.2, -0.15) is 15.6 Å². The molecule has 6 aliphatic heterocycles. The van der Waals surface area contributed by atoms with E-state index >= 15 is 0 Å². The summed E-state index contributed by atoms with van der Waals surface area (Å²) in [5.41, 5.74) is 20.5. The lowest BCUT2D eigenvalue weighted by Gasteiger charge is -2.22. The summed E-state index contributed by atoms with van der Waals surface area (Å²) in [7, 11) is 0. The van der Waals surface area contributed by atoms with Crippen molar-refractivity contribution in [1.82, 2.24) is 76.6 Å². The topological polar surface area (TPSA) is 289 Å². The van der Waals surface area contributed by atoms with Crippen LogP contribution in [-0.2, 0) is 48.2 Å². The lowest BCUT2D eigenvalue weighted by molar-refractivity contribution is -0.132. The fourth-order valence-electron chi connectivity index (χ4n) is 16.5. The Morgan fingerprint density at radius 3 is 0.974 bits per heavy atom. The fourth-order valence-corrected chi connectivity index (χ4v) is 16.5. The number of benzene rings is 9. The molecular formula is C93H96N18O6. The predicted molar refractivity (Wildman–Crippen MR) is 453 cm³/mol. The van der Waals surface area contributed by atoms with Crippen molar-refractivity contribution in [3.63, 3.8) is 0 Å². The Bertz CT molecular complexity index is 5380. The number of hydrogen-bond donors (Lipinski definition) is 3. The van der Waals surface area contributed by atoms with E-state index in [1.165, 1.54) is 27.8 Å². The van der Waals surface area contributed by atoms with Crippen LogP contribution in [0.5, 0.6) is 0 Å². The molecule has 3 unspecified atom stereocenters. The molecule has 0 radical (unpaired) electrons. The normalized spacial score (nSPS) is 18.8. The van der Waals surface area contributed by atoms with Crippen molar-refractivity contribution in [1.29, 1.82) is 0 Å². The van der Waals surface area contributed by atoms with Crippen molar-refractivity contribution in [3.05, 3.63) is 234 Å². The lowest BCUT2D eigenvalue weighted by Crippen LogP contribution is -2.42. The predicted octanol–water partition coefficient (Wildman–Crippen LogP) is 16.8. The molecule has 12 aromatic rings. The number of nitrogens with one attached hydrogen (secondary N) is 3. The van der Waals surface area contributed by atoms with Crippen LogP contribution in [-0.4, -0.2) is 168 Å². The molecule has 0 saturated carbocycles. The second-order valence-electron chi connectivity index (χ2n) is 31.1. The fraction of sp³-hybridized carbons (Fsp3) is 0.323. The molecule has 0 bridgehead atoms. The maximum absolute atomic E-state index is 13.5. The summed E-state index contributed by atoms with van der Waals surface area (Å²) in [4.78, 5) is 60.8. The molecule has 0 aliphatic carbocycles. The summed E-state index contributed by atoms with van der Waals surface area (Å²) in [5, 5.41) is 44.4. The van der Waals surface area contributed by atoms with Crippen LogP contribution >= 0.6 is 0 Å². The van der Waals surface area contributed by atoms with E-state index < -0.39 is 16.6 Å². The third-order valence-corrected chi connectivity index (χ3v) is 23.1. The summed E-state index contributed by atoms with van der Waals surface area (Å²) in [5.74, 6) is 4.53. The average Bonchev–Trinajstić information content (AvgIpc) is 1.63. The van der Waals surface area contributed by atoms with Gasteiger partial charge in [0.2, 0.25) is 17.5 Å². The first-order chi connectivity index (χ1) is 57.2. The minimum Gasteiger partial charge on any atom is -0.378 e. The quantitative estimate of drug-likeness (QED) is 0.0507. The van der Waals surface area contributed by atoms with Crippen LogP contribution in [0.2, 0.25) is 0 Å². The Labute approximate surface area is 680 Å². The number of aromatic amines is 3. The first kappa shape index (κ1) is 78.4. The molecule has 24 nitrogen and oxygen atoms in total. The van der Waals surface area contributed by atoms with Crippen LogP contribution < -0.4 is 0 Å². The van der Waals surface area contributed by atoms with Gasteiger partial charge in [-0.1, -0.05) is 209 Å². The van der Waals surface area contributed by atoms with E-state index in [0.717, 1.165) is 164 Å². The van der Waals surface area contributed by atoms with Crippen LogP contribution in [0.1, 0.15) is 131 Å². The number of aryl methyl sites for hydroxylation is 3. The molecule has 9 heterocycles. The van der Waals surface area contributed by atoms with E-state index in [0.29, 0.717) is 96.0 Å². The smallest absolute Gasteiger partial charge is 0.258 e. The molecule has 117 heavy (non-hydrogen) atoms. The molecular weight excluding hydrogens is 1470 g/mol. The summed E-state index contributed by atoms with van der Waals surface area (Å²) in [6.45, 7) is 17.2. The van der Waals surface area contributed by atoms with E-state index in [9.17, 15) is 14.4 Å². The first-order valence-electron chi connectivity index (χ1n) is 40.8. The number of carbonyl (C=O) groups is 3. The van der Waals surface area contributed by atoms with Gasteiger partial charge in [-0.05, 0) is 187 Å². The van der Waals surface area contributed by atoms with E-state index in [2.05, 4.69) is 298 Å². The highest BCUT2D eigenvalue weighted by atomic mass is 16.5. The number of amides is 3. The second-order valence-corrected chi connectivity index (χ2v) is 31.1. The summed E-state index contributed by atoms with van der Waals surface area (Å²) in [6.07, 6.45) is 10.6. The third-order valence-electron chi connectivity index (χ3n) is 23.1. The zero-order valence-electron chi connectivity index (χ0n) is 67.1. The maximum Gasteiger partial charge on any atom is 0.258 e. The Morgan fingerprint density at radius 1 is 0.342 bits per heavy atom. The van der Waals surface area contributed by atoms with E-state index in [4.69, 9.17) is 29.2 Å². The summed E-state index contributed by atoms with van der Waals surface area (Å²) in [6, 6.07) is 69.4. The number of rotatable bonds is 24. The van der Waals surface area contributed by atoms with Gasteiger partial charge in [0.15, 0.2) is 16.6 Å². The largest absolute Gasteiger partial charge is 0.378 e. The molecule has 3 aromatic heterocycles. The molecule has 3 spiro atoms. The number of H-pyrrole nitrogens is 3. The van der Waals surface area contributed by atoms with Crippen molar-refractivity contribution < 1.29 is 28.6 Å². The molecule has 594 valence electrons. The van der Waals surface area contributed by atoms with Gasteiger partial charge in [0, 0.05) is 75.0 Å².